The summed E-state index contributed by atoms with van der Waals surface area (Å²) in [7, 11) is 1.57. The van der Waals surface area contributed by atoms with Gasteiger partial charge in [0.15, 0.2) is 11.5 Å². The SMILES string of the molecule is COC(C)c1ccc(C(=O)Nc2cccc(Oc3ccccc3OC(F)(F)F)c2)c(C)n1. The Morgan fingerprint density at radius 2 is 1.75 bits per heavy atom. The van der Waals surface area contributed by atoms with Gasteiger partial charge < -0.3 is 19.5 Å². The summed E-state index contributed by atoms with van der Waals surface area (Å²) in [5.41, 5.74) is 2.02. The van der Waals surface area contributed by atoms with Crippen LogP contribution in [0.2, 0.25) is 0 Å². The quantitative estimate of drug-likeness (QED) is 0.479. The molecule has 0 fully saturated rings. The highest BCUT2D eigenvalue weighted by Crippen LogP contribution is 2.35. The van der Waals surface area contributed by atoms with Crippen LogP contribution < -0.4 is 14.8 Å². The number of nitrogens with zero attached hydrogens (tertiary/aromatic N) is 1. The molecule has 3 rings (SSSR count). The molecule has 1 heterocycles. The van der Waals surface area contributed by atoms with Gasteiger partial charge in [-0.15, -0.1) is 13.2 Å². The first kappa shape index (κ1) is 23.1. The van der Waals surface area contributed by atoms with E-state index in [2.05, 4.69) is 15.0 Å². The lowest BCUT2D eigenvalue weighted by Gasteiger charge is -2.14. The first-order valence-corrected chi connectivity index (χ1v) is 9.60. The zero-order valence-electron chi connectivity index (χ0n) is 17.6. The van der Waals surface area contributed by atoms with E-state index in [1.54, 1.807) is 44.4 Å². The predicted molar refractivity (Wildman–Crippen MR) is 112 cm³/mol. The number of amides is 1. The number of aryl methyl sites for hydroxylation is 1. The van der Waals surface area contributed by atoms with Gasteiger partial charge in [0.25, 0.3) is 5.91 Å². The van der Waals surface area contributed by atoms with Crippen molar-refractivity contribution in [2.24, 2.45) is 0 Å². The Morgan fingerprint density at radius 3 is 2.41 bits per heavy atom. The number of methoxy groups -OCH3 is 1. The summed E-state index contributed by atoms with van der Waals surface area (Å²) in [6, 6.07) is 15.1. The fraction of sp³-hybridized carbons (Fsp3) is 0.217. The lowest BCUT2D eigenvalue weighted by atomic mass is 10.1. The van der Waals surface area contributed by atoms with Crippen LogP contribution in [0.3, 0.4) is 0 Å². The molecule has 0 bridgehead atoms. The van der Waals surface area contributed by atoms with E-state index < -0.39 is 12.1 Å². The Kier molecular flexibility index (Phi) is 6.99. The minimum Gasteiger partial charge on any atom is -0.453 e. The Bertz CT molecular complexity index is 1100. The van der Waals surface area contributed by atoms with Crippen molar-refractivity contribution in [1.29, 1.82) is 0 Å². The number of halogens is 3. The van der Waals surface area contributed by atoms with E-state index >= 15 is 0 Å². The summed E-state index contributed by atoms with van der Waals surface area (Å²) in [5.74, 6) is -0.748. The molecule has 1 amide bonds. The molecule has 2 aromatic carbocycles. The molecule has 0 saturated carbocycles. The standard InChI is InChI=1S/C23H21F3N2O4/c1-14-18(11-12-19(27-14)15(2)30-3)22(29)28-16-7-6-8-17(13-16)31-20-9-4-5-10-21(20)32-23(24,25)26/h4-13,15H,1-3H3,(H,28,29). The number of hydrogen-bond acceptors (Lipinski definition) is 5. The third-order valence-electron chi connectivity index (χ3n) is 4.52. The number of ether oxygens (including phenoxy) is 3. The molecule has 0 aliphatic heterocycles. The van der Waals surface area contributed by atoms with E-state index in [9.17, 15) is 18.0 Å². The van der Waals surface area contributed by atoms with Crippen LogP contribution in [0.15, 0.2) is 60.7 Å². The van der Waals surface area contributed by atoms with E-state index in [-0.39, 0.29) is 23.5 Å². The summed E-state index contributed by atoms with van der Waals surface area (Å²) in [6.07, 6.45) is -5.05. The Labute approximate surface area is 183 Å². The van der Waals surface area contributed by atoms with Gasteiger partial charge in [-0.05, 0) is 50.2 Å². The average Bonchev–Trinajstić information content (AvgIpc) is 2.73. The van der Waals surface area contributed by atoms with Gasteiger partial charge in [0.05, 0.1) is 23.1 Å². The van der Waals surface area contributed by atoms with E-state index in [1.807, 2.05) is 6.92 Å². The van der Waals surface area contributed by atoms with Crippen LogP contribution in [0.5, 0.6) is 17.2 Å². The second-order valence-corrected chi connectivity index (χ2v) is 6.83. The van der Waals surface area contributed by atoms with Crippen LogP contribution in [-0.2, 0) is 4.74 Å². The number of pyridine rings is 1. The number of para-hydroxylation sites is 2. The van der Waals surface area contributed by atoms with E-state index in [0.717, 1.165) is 6.07 Å². The van der Waals surface area contributed by atoms with E-state index in [4.69, 9.17) is 9.47 Å². The van der Waals surface area contributed by atoms with Crippen molar-refractivity contribution in [3.05, 3.63) is 77.6 Å². The summed E-state index contributed by atoms with van der Waals surface area (Å²) >= 11 is 0. The summed E-state index contributed by atoms with van der Waals surface area (Å²) in [6.45, 7) is 3.57. The minimum absolute atomic E-state index is 0.115. The predicted octanol–water partition coefficient (Wildman–Crippen LogP) is 6.04. The van der Waals surface area contributed by atoms with Crippen LogP contribution in [-0.4, -0.2) is 24.4 Å². The second kappa shape index (κ2) is 9.69. The number of aromatic nitrogens is 1. The largest absolute Gasteiger partial charge is 0.573 e. The monoisotopic (exact) mass is 446 g/mol. The number of nitrogens with one attached hydrogen (secondary N) is 1. The average molecular weight is 446 g/mol. The molecule has 32 heavy (non-hydrogen) atoms. The number of rotatable bonds is 7. The summed E-state index contributed by atoms with van der Waals surface area (Å²) in [5, 5.41) is 2.74. The highest BCUT2D eigenvalue weighted by molar-refractivity contribution is 6.05. The molecule has 0 radical (unpaired) electrons. The molecule has 0 saturated heterocycles. The maximum Gasteiger partial charge on any atom is 0.573 e. The van der Waals surface area contributed by atoms with Crippen molar-refractivity contribution >= 4 is 11.6 Å². The van der Waals surface area contributed by atoms with Crippen molar-refractivity contribution in [3.8, 4) is 17.2 Å². The van der Waals surface area contributed by atoms with Crippen LogP contribution in [0.25, 0.3) is 0 Å². The first-order chi connectivity index (χ1) is 15.2. The molecule has 1 aromatic heterocycles. The smallest absolute Gasteiger partial charge is 0.453 e. The van der Waals surface area contributed by atoms with Crippen molar-refractivity contribution in [2.45, 2.75) is 26.3 Å². The molecule has 3 aromatic rings. The number of anilines is 1. The molecule has 1 atom stereocenters. The third-order valence-corrected chi connectivity index (χ3v) is 4.52. The fourth-order valence-corrected chi connectivity index (χ4v) is 2.87. The minimum atomic E-state index is -4.85. The Balaban J connectivity index is 1.76. The van der Waals surface area contributed by atoms with Gasteiger partial charge in [0.2, 0.25) is 0 Å². The summed E-state index contributed by atoms with van der Waals surface area (Å²) < 4.78 is 52.6. The highest BCUT2D eigenvalue weighted by atomic mass is 19.4. The van der Waals surface area contributed by atoms with Crippen LogP contribution in [0, 0.1) is 6.92 Å². The maximum atomic E-state index is 12.7. The van der Waals surface area contributed by atoms with Crippen LogP contribution in [0.1, 0.15) is 34.8 Å². The number of carbonyl (C=O) groups excluding carboxylic acids is 1. The fourth-order valence-electron chi connectivity index (χ4n) is 2.87. The van der Waals surface area contributed by atoms with Gasteiger partial charge in [-0.2, -0.15) is 0 Å². The maximum absolute atomic E-state index is 12.7. The molecule has 0 spiro atoms. The van der Waals surface area contributed by atoms with Crippen molar-refractivity contribution < 1.29 is 32.2 Å². The molecule has 0 aliphatic rings. The van der Waals surface area contributed by atoms with Gasteiger partial charge >= 0.3 is 6.36 Å². The highest BCUT2D eigenvalue weighted by Gasteiger charge is 2.32. The lowest BCUT2D eigenvalue weighted by Crippen LogP contribution is -2.17. The van der Waals surface area contributed by atoms with Gasteiger partial charge in [-0.25, -0.2) is 0 Å². The van der Waals surface area contributed by atoms with Gasteiger partial charge in [-0.3, -0.25) is 9.78 Å². The van der Waals surface area contributed by atoms with Crippen LogP contribution >= 0.6 is 0 Å². The zero-order chi connectivity index (χ0) is 23.3. The topological polar surface area (TPSA) is 69.7 Å². The van der Waals surface area contributed by atoms with Crippen molar-refractivity contribution in [1.82, 2.24) is 4.98 Å². The molecule has 9 heteroatoms. The molecular weight excluding hydrogens is 425 g/mol. The molecule has 1 unspecified atom stereocenters. The van der Waals surface area contributed by atoms with Crippen molar-refractivity contribution in [2.75, 3.05) is 12.4 Å². The normalized spacial score (nSPS) is 12.2. The van der Waals surface area contributed by atoms with Gasteiger partial charge in [0, 0.05) is 18.9 Å². The second-order valence-electron chi connectivity index (χ2n) is 6.83. The Hall–Kier alpha value is -3.59. The third kappa shape index (κ3) is 5.98. The molecule has 168 valence electrons. The number of hydrogen-bond donors (Lipinski definition) is 1. The first-order valence-electron chi connectivity index (χ1n) is 9.60. The van der Waals surface area contributed by atoms with E-state index in [1.165, 1.54) is 24.3 Å². The zero-order valence-corrected chi connectivity index (χ0v) is 17.6. The van der Waals surface area contributed by atoms with Crippen molar-refractivity contribution in [3.63, 3.8) is 0 Å². The van der Waals surface area contributed by atoms with Gasteiger partial charge in [-0.1, -0.05) is 18.2 Å². The van der Waals surface area contributed by atoms with E-state index in [0.29, 0.717) is 22.6 Å². The molecular formula is C23H21F3N2O4. The summed E-state index contributed by atoms with van der Waals surface area (Å²) in [4.78, 5) is 17.1. The molecule has 1 N–H and O–H groups in total. The number of alkyl halides is 3. The van der Waals surface area contributed by atoms with Crippen LogP contribution in [0.4, 0.5) is 18.9 Å². The number of benzene rings is 2. The molecule has 0 aliphatic carbocycles. The van der Waals surface area contributed by atoms with Gasteiger partial charge in [0.1, 0.15) is 5.75 Å². The lowest BCUT2D eigenvalue weighted by molar-refractivity contribution is -0.275. The Morgan fingerprint density at radius 1 is 1.03 bits per heavy atom. The number of carbonyl (C=O) groups is 1. The molecule has 6 nitrogen and oxygen atoms in total.